The van der Waals surface area contributed by atoms with Crippen LogP contribution in [0.15, 0.2) is 47.4 Å². The molecule has 0 saturated carbocycles. The van der Waals surface area contributed by atoms with Gasteiger partial charge in [-0.05, 0) is 81.7 Å². The average Bonchev–Trinajstić information content (AvgIpc) is 2.76. The van der Waals surface area contributed by atoms with Gasteiger partial charge in [-0.2, -0.15) is 0 Å². The second-order valence-corrected chi connectivity index (χ2v) is 10.2. The molecule has 3 rings (SSSR count). The number of hydrogen-bond donors (Lipinski definition) is 0. The molecule has 0 bridgehead atoms. The highest BCUT2D eigenvalue weighted by molar-refractivity contribution is 7.92. The lowest BCUT2D eigenvalue weighted by Crippen LogP contribution is -2.33. The fourth-order valence-electron chi connectivity index (χ4n) is 3.91. The van der Waals surface area contributed by atoms with E-state index in [0.29, 0.717) is 11.4 Å². The van der Waals surface area contributed by atoms with Crippen molar-refractivity contribution in [2.24, 2.45) is 0 Å². The van der Waals surface area contributed by atoms with Gasteiger partial charge in [-0.15, -0.1) is 12.4 Å². The largest absolute Gasteiger partial charge is 0.303 e. The minimum atomic E-state index is -4.06. The summed E-state index contributed by atoms with van der Waals surface area (Å²) in [6, 6.07) is 8.55. The SMILES string of the molecule is Cl.O=S(=O)(c1ccc(Cl)cc1)N(CCCCCCN1CCCCC1)c1cc(F)ccc1F. The third-order valence-electron chi connectivity index (χ3n) is 5.61. The molecule has 0 aromatic heterocycles. The molecule has 0 unspecified atom stereocenters. The lowest BCUT2D eigenvalue weighted by molar-refractivity contribution is 0.224. The number of halogens is 4. The lowest BCUT2D eigenvalue weighted by atomic mass is 10.1. The Morgan fingerprint density at radius 3 is 2.25 bits per heavy atom. The van der Waals surface area contributed by atoms with E-state index < -0.39 is 21.7 Å². The zero-order valence-electron chi connectivity index (χ0n) is 18.0. The summed E-state index contributed by atoms with van der Waals surface area (Å²) in [6.45, 7) is 3.46. The van der Waals surface area contributed by atoms with Crippen LogP contribution in [-0.2, 0) is 10.0 Å². The standard InChI is InChI=1S/C23H29ClF2N2O2S.ClH/c24-19-8-11-21(12-9-19)31(29,30)28(23-18-20(25)10-13-22(23)26)17-7-2-1-4-14-27-15-5-3-6-16-27;/h8-13,18H,1-7,14-17H2;1H. The summed E-state index contributed by atoms with van der Waals surface area (Å²) in [5, 5.41) is 0.399. The summed E-state index contributed by atoms with van der Waals surface area (Å²) in [5.41, 5.74) is -0.275. The van der Waals surface area contributed by atoms with Crippen LogP contribution in [0.4, 0.5) is 14.5 Å². The molecule has 4 nitrogen and oxygen atoms in total. The van der Waals surface area contributed by atoms with E-state index in [-0.39, 0.29) is 29.5 Å². The van der Waals surface area contributed by atoms with Crippen molar-refractivity contribution in [2.75, 3.05) is 30.5 Å². The third kappa shape index (κ3) is 7.30. The molecule has 0 atom stereocenters. The Labute approximate surface area is 201 Å². The fraction of sp³-hybridized carbons (Fsp3) is 0.478. The molecule has 1 aliphatic heterocycles. The molecule has 32 heavy (non-hydrogen) atoms. The smallest absolute Gasteiger partial charge is 0.264 e. The fourth-order valence-corrected chi connectivity index (χ4v) is 5.54. The molecular formula is C23H30Cl2F2N2O2S. The number of nitrogens with zero attached hydrogens (tertiary/aromatic N) is 2. The molecule has 1 heterocycles. The number of sulfonamides is 1. The van der Waals surface area contributed by atoms with E-state index in [4.69, 9.17) is 11.6 Å². The summed E-state index contributed by atoms with van der Waals surface area (Å²) in [7, 11) is -4.06. The number of likely N-dealkylation sites (tertiary alicyclic amines) is 1. The Bertz CT molecular complexity index is 953. The van der Waals surface area contributed by atoms with Gasteiger partial charge in [0.05, 0.1) is 10.6 Å². The first kappa shape index (κ1) is 26.8. The first-order chi connectivity index (χ1) is 14.9. The average molecular weight is 507 g/mol. The predicted molar refractivity (Wildman–Crippen MR) is 128 cm³/mol. The molecule has 0 spiro atoms. The van der Waals surface area contributed by atoms with Gasteiger partial charge in [-0.3, -0.25) is 4.31 Å². The van der Waals surface area contributed by atoms with Crippen molar-refractivity contribution in [3.8, 4) is 0 Å². The van der Waals surface area contributed by atoms with Crippen LogP contribution in [0.2, 0.25) is 5.02 Å². The van der Waals surface area contributed by atoms with Crippen LogP contribution in [-0.4, -0.2) is 39.5 Å². The number of hydrogen-bond acceptors (Lipinski definition) is 3. The van der Waals surface area contributed by atoms with Crippen LogP contribution in [0.3, 0.4) is 0 Å². The molecule has 0 radical (unpaired) electrons. The topological polar surface area (TPSA) is 40.6 Å². The summed E-state index contributed by atoms with van der Waals surface area (Å²) in [5.74, 6) is -1.46. The highest BCUT2D eigenvalue weighted by Crippen LogP contribution is 2.28. The van der Waals surface area contributed by atoms with Gasteiger partial charge in [0, 0.05) is 17.6 Å². The van der Waals surface area contributed by atoms with Crippen molar-refractivity contribution in [3.05, 3.63) is 59.1 Å². The summed E-state index contributed by atoms with van der Waals surface area (Å²) in [6.07, 6.45) is 7.23. The Hall–Kier alpha value is -1.41. The highest BCUT2D eigenvalue weighted by Gasteiger charge is 2.27. The molecule has 1 aliphatic rings. The van der Waals surface area contributed by atoms with Crippen molar-refractivity contribution >= 4 is 39.7 Å². The van der Waals surface area contributed by atoms with Gasteiger partial charge in [0.1, 0.15) is 11.6 Å². The minimum absolute atomic E-state index is 0. The highest BCUT2D eigenvalue weighted by atomic mass is 35.5. The van der Waals surface area contributed by atoms with Crippen LogP contribution < -0.4 is 4.31 Å². The van der Waals surface area contributed by atoms with E-state index in [1.807, 2.05) is 0 Å². The second kappa shape index (κ2) is 12.7. The van der Waals surface area contributed by atoms with Crippen LogP contribution in [0.5, 0.6) is 0 Å². The maximum atomic E-state index is 14.5. The van der Waals surface area contributed by atoms with E-state index >= 15 is 0 Å². The van der Waals surface area contributed by atoms with E-state index in [2.05, 4.69) is 4.90 Å². The normalized spacial score (nSPS) is 14.7. The van der Waals surface area contributed by atoms with E-state index in [1.165, 1.54) is 43.5 Å². The van der Waals surface area contributed by atoms with E-state index in [0.717, 1.165) is 61.4 Å². The van der Waals surface area contributed by atoms with Crippen LogP contribution in [0.1, 0.15) is 44.9 Å². The molecular weight excluding hydrogens is 477 g/mol. The van der Waals surface area contributed by atoms with Gasteiger partial charge in [-0.1, -0.05) is 30.9 Å². The Balaban J connectivity index is 0.00000363. The van der Waals surface area contributed by atoms with Crippen molar-refractivity contribution in [1.82, 2.24) is 4.90 Å². The maximum Gasteiger partial charge on any atom is 0.264 e. The summed E-state index contributed by atoms with van der Waals surface area (Å²) in [4.78, 5) is 2.47. The van der Waals surface area contributed by atoms with E-state index in [1.54, 1.807) is 0 Å². The molecule has 1 fully saturated rings. The van der Waals surface area contributed by atoms with Crippen molar-refractivity contribution in [2.45, 2.75) is 49.8 Å². The molecule has 178 valence electrons. The third-order valence-corrected chi connectivity index (χ3v) is 7.69. The number of piperidine rings is 1. The Kier molecular flexibility index (Phi) is 10.7. The lowest BCUT2D eigenvalue weighted by Gasteiger charge is -2.26. The number of anilines is 1. The Morgan fingerprint density at radius 2 is 1.56 bits per heavy atom. The molecule has 1 saturated heterocycles. The van der Waals surface area contributed by atoms with Gasteiger partial charge in [-0.25, -0.2) is 17.2 Å². The Morgan fingerprint density at radius 1 is 0.906 bits per heavy atom. The van der Waals surface area contributed by atoms with Crippen molar-refractivity contribution < 1.29 is 17.2 Å². The van der Waals surface area contributed by atoms with Gasteiger partial charge < -0.3 is 4.90 Å². The molecule has 0 N–H and O–H groups in total. The maximum absolute atomic E-state index is 14.5. The number of benzene rings is 2. The van der Waals surface area contributed by atoms with Crippen LogP contribution in [0.25, 0.3) is 0 Å². The van der Waals surface area contributed by atoms with Gasteiger partial charge in [0.25, 0.3) is 10.0 Å². The number of rotatable bonds is 10. The molecule has 2 aromatic carbocycles. The predicted octanol–water partition coefficient (Wildman–Crippen LogP) is 6.28. The summed E-state index contributed by atoms with van der Waals surface area (Å²) >= 11 is 5.87. The molecule has 2 aromatic rings. The van der Waals surface area contributed by atoms with Crippen molar-refractivity contribution in [3.63, 3.8) is 0 Å². The first-order valence-corrected chi connectivity index (χ1v) is 12.7. The quantitative estimate of drug-likeness (QED) is 0.356. The minimum Gasteiger partial charge on any atom is -0.303 e. The molecule has 9 heteroatoms. The van der Waals surface area contributed by atoms with Crippen LogP contribution >= 0.6 is 24.0 Å². The number of unbranched alkanes of at least 4 members (excludes halogenated alkanes) is 3. The van der Waals surface area contributed by atoms with E-state index in [9.17, 15) is 17.2 Å². The summed E-state index contributed by atoms with van der Waals surface area (Å²) < 4.78 is 55.7. The molecule has 0 amide bonds. The molecule has 0 aliphatic carbocycles. The van der Waals surface area contributed by atoms with Crippen molar-refractivity contribution in [1.29, 1.82) is 0 Å². The first-order valence-electron chi connectivity index (χ1n) is 10.8. The zero-order chi connectivity index (χ0) is 22.3. The second-order valence-electron chi connectivity index (χ2n) is 7.94. The zero-order valence-corrected chi connectivity index (χ0v) is 20.4. The monoisotopic (exact) mass is 506 g/mol. The van der Waals surface area contributed by atoms with Crippen LogP contribution in [0, 0.1) is 11.6 Å². The van der Waals surface area contributed by atoms with Gasteiger partial charge >= 0.3 is 0 Å². The van der Waals surface area contributed by atoms with Gasteiger partial charge in [0.15, 0.2) is 0 Å². The van der Waals surface area contributed by atoms with Gasteiger partial charge in [0.2, 0.25) is 0 Å².